The predicted molar refractivity (Wildman–Crippen MR) is 85.1 cm³/mol. The molecular weight excluding hydrogens is 266 g/mol. The lowest BCUT2D eigenvalue weighted by Crippen LogP contribution is -2.31. The topological polar surface area (TPSA) is 63.2 Å². The van der Waals surface area contributed by atoms with E-state index >= 15 is 0 Å². The van der Waals surface area contributed by atoms with Crippen molar-refractivity contribution in [2.75, 3.05) is 30.4 Å². The van der Waals surface area contributed by atoms with Crippen LogP contribution in [-0.4, -0.2) is 41.2 Å². The minimum absolute atomic E-state index is 0.422. The van der Waals surface area contributed by atoms with Crippen LogP contribution in [0.3, 0.4) is 0 Å². The van der Waals surface area contributed by atoms with Crippen molar-refractivity contribution in [3.05, 3.63) is 0 Å². The number of nitrogens with zero attached hydrogens (tertiary/aromatic N) is 4. The van der Waals surface area contributed by atoms with Crippen molar-refractivity contribution in [2.24, 2.45) is 0 Å². The Kier molecular flexibility index (Phi) is 6.02. The highest BCUT2D eigenvalue weighted by Crippen LogP contribution is 2.26. The summed E-state index contributed by atoms with van der Waals surface area (Å²) in [5, 5.41) is 3.23. The van der Waals surface area contributed by atoms with Gasteiger partial charge in [-0.2, -0.15) is 15.0 Å². The Bertz CT molecular complexity index is 408. The fraction of sp³-hybridized carbons (Fsp3) is 0.800. The molecule has 118 valence electrons. The largest absolute Gasteiger partial charge is 0.463 e. The zero-order valence-corrected chi connectivity index (χ0v) is 13.4. The maximum Gasteiger partial charge on any atom is 0.323 e. The molecule has 0 bridgehead atoms. The highest BCUT2D eigenvalue weighted by atomic mass is 16.5. The molecule has 1 aromatic rings. The summed E-state index contributed by atoms with van der Waals surface area (Å²) in [5.74, 6) is 1.32. The summed E-state index contributed by atoms with van der Waals surface area (Å²) < 4.78 is 5.60. The third-order valence-electron chi connectivity index (χ3n) is 3.76. The second-order valence-corrected chi connectivity index (χ2v) is 5.57. The number of nitrogens with one attached hydrogen (secondary N) is 1. The monoisotopic (exact) mass is 293 g/mol. The summed E-state index contributed by atoms with van der Waals surface area (Å²) in [7, 11) is 2.07. The third kappa shape index (κ3) is 4.44. The molecule has 6 heteroatoms. The van der Waals surface area contributed by atoms with Crippen molar-refractivity contribution in [3.63, 3.8) is 0 Å². The van der Waals surface area contributed by atoms with Crippen LogP contribution in [-0.2, 0) is 0 Å². The summed E-state index contributed by atoms with van der Waals surface area (Å²) >= 11 is 0. The molecule has 1 aromatic heterocycles. The van der Waals surface area contributed by atoms with Crippen molar-refractivity contribution in [3.8, 4) is 6.01 Å². The molecule has 1 N–H and O–H groups in total. The van der Waals surface area contributed by atoms with Gasteiger partial charge in [0.2, 0.25) is 11.9 Å². The minimum atomic E-state index is 0.422. The van der Waals surface area contributed by atoms with Gasteiger partial charge in [0.25, 0.3) is 0 Å². The Balaban J connectivity index is 2.16. The molecule has 0 amide bonds. The number of ether oxygens (including phenoxy) is 1. The summed E-state index contributed by atoms with van der Waals surface area (Å²) in [6.07, 6.45) is 6.98. The van der Waals surface area contributed by atoms with Gasteiger partial charge < -0.3 is 15.0 Å². The highest BCUT2D eigenvalue weighted by molar-refractivity contribution is 5.38. The van der Waals surface area contributed by atoms with E-state index in [9.17, 15) is 0 Å². The van der Waals surface area contributed by atoms with E-state index in [2.05, 4.69) is 46.1 Å². The van der Waals surface area contributed by atoms with Crippen molar-refractivity contribution < 1.29 is 4.74 Å². The first kappa shape index (κ1) is 15.8. The van der Waals surface area contributed by atoms with Gasteiger partial charge in [-0.1, -0.05) is 26.7 Å². The lowest BCUT2D eigenvalue weighted by atomic mass is 10.2. The molecule has 0 unspecified atom stereocenters. The SMILES string of the molecule is CCCNc1nc(OCCC)nc(N(C)C2CCCC2)n1. The first-order chi connectivity index (χ1) is 10.2. The van der Waals surface area contributed by atoms with Gasteiger partial charge in [0.15, 0.2) is 0 Å². The number of anilines is 2. The maximum atomic E-state index is 5.60. The zero-order chi connectivity index (χ0) is 15.1. The van der Waals surface area contributed by atoms with Crippen LogP contribution in [0.1, 0.15) is 52.4 Å². The van der Waals surface area contributed by atoms with Crippen LogP contribution in [0.5, 0.6) is 6.01 Å². The smallest absolute Gasteiger partial charge is 0.323 e. The minimum Gasteiger partial charge on any atom is -0.463 e. The average Bonchev–Trinajstić information content (AvgIpc) is 3.04. The molecule has 21 heavy (non-hydrogen) atoms. The van der Waals surface area contributed by atoms with Gasteiger partial charge in [-0.05, 0) is 25.7 Å². The normalized spacial score (nSPS) is 15.2. The van der Waals surface area contributed by atoms with Crippen LogP contribution in [0.25, 0.3) is 0 Å². The van der Waals surface area contributed by atoms with E-state index in [1.807, 2.05) is 0 Å². The van der Waals surface area contributed by atoms with E-state index in [4.69, 9.17) is 4.74 Å². The van der Waals surface area contributed by atoms with E-state index in [0.29, 0.717) is 30.6 Å². The third-order valence-corrected chi connectivity index (χ3v) is 3.76. The number of hydrogen-bond acceptors (Lipinski definition) is 6. The lowest BCUT2D eigenvalue weighted by molar-refractivity contribution is 0.291. The van der Waals surface area contributed by atoms with Crippen LogP contribution in [0.4, 0.5) is 11.9 Å². The molecule has 0 atom stereocenters. The molecule has 0 saturated heterocycles. The highest BCUT2D eigenvalue weighted by Gasteiger charge is 2.22. The fourth-order valence-electron chi connectivity index (χ4n) is 2.53. The Morgan fingerprint density at radius 3 is 2.57 bits per heavy atom. The molecule has 0 aliphatic heterocycles. The van der Waals surface area contributed by atoms with Crippen LogP contribution in [0.2, 0.25) is 0 Å². The van der Waals surface area contributed by atoms with Crippen LogP contribution in [0, 0.1) is 0 Å². The van der Waals surface area contributed by atoms with Gasteiger partial charge in [0, 0.05) is 19.6 Å². The molecule has 1 fully saturated rings. The first-order valence-corrected chi connectivity index (χ1v) is 8.10. The standard InChI is InChI=1S/C15H27N5O/c1-4-10-16-13-17-14(19-15(18-13)21-11-5-2)20(3)12-8-6-7-9-12/h12H,4-11H2,1-3H3,(H,16,17,18,19). The van der Waals surface area contributed by atoms with Crippen molar-refractivity contribution >= 4 is 11.9 Å². The van der Waals surface area contributed by atoms with E-state index in [-0.39, 0.29) is 0 Å². The van der Waals surface area contributed by atoms with Gasteiger partial charge in [-0.25, -0.2) is 0 Å². The van der Waals surface area contributed by atoms with Gasteiger partial charge in [-0.15, -0.1) is 0 Å². The van der Waals surface area contributed by atoms with Crippen LogP contribution < -0.4 is 15.0 Å². The van der Waals surface area contributed by atoms with E-state index in [0.717, 1.165) is 19.4 Å². The summed E-state index contributed by atoms with van der Waals surface area (Å²) in [5.41, 5.74) is 0. The van der Waals surface area contributed by atoms with E-state index < -0.39 is 0 Å². The summed E-state index contributed by atoms with van der Waals surface area (Å²) in [4.78, 5) is 15.5. The Morgan fingerprint density at radius 1 is 1.14 bits per heavy atom. The Morgan fingerprint density at radius 2 is 1.90 bits per heavy atom. The molecular formula is C15H27N5O. The molecule has 0 spiro atoms. The number of hydrogen-bond donors (Lipinski definition) is 1. The van der Waals surface area contributed by atoms with Crippen LogP contribution >= 0.6 is 0 Å². The van der Waals surface area contributed by atoms with Gasteiger partial charge >= 0.3 is 6.01 Å². The van der Waals surface area contributed by atoms with Gasteiger partial charge in [-0.3, -0.25) is 0 Å². The zero-order valence-electron chi connectivity index (χ0n) is 13.4. The molecule has 2 rings (SSSR count). The van der Waals surface area contributed by atoms with Crippen molar-refractivity contribution in [1.82, 2.24) is 15.0 Å². The van der Waals surface area contributed by atoms with Gasteiger partial charge in [0.05, 0.1) is 6.61 Å². The summed E-state index contributed by atoms with van der Waals surface area (Å²) in [6.45, 7) is 5.67. The van der Waals surface area contributed by atoms with Crippen molar-refractivity contribution in [2.45, 2.75) is 58.4 Å². The molecule has 1 aliphatic rings. The first-order valence-electron chi connectivity index (χ1n) is 8.10. The summed E-state index contributed by atoms with van der Waals surface area (Å²) in [6, 6.07) is 0.954. The van der Waals surface area contributed by atoms with Crippen molar-refractivity contribution in [1.29, 1.82) is 0 Å². The molecule has 0 radical (unpaired) electrons. The van der Waals surface area contributed by atoms with E-state index in [1.165, 1.54) is 25.7 Å². The van der Waals surface area contributed by atoms with Crippen LogP contribution in [0.15, 0.2) is 0 Å². The fourth-order valence-corrected chi connectivity index (χ4v) is 2.53. The predicted octanol–water partition coefficient (Wildman–Crippen LogP) is 2.86. The molecule has 6 nitrogen and oxygen atoms in total. The number of aromatic nitrogens is 3. The Labute approximate surface area is 127 Å². The van der Waals surface area contributed by atoms with E-state index in [1.54, 1.807) is 0 Å². The second-order valence-electron chi connectivity index (χ2n) is 5.57. The lowest BCUT2D eigenvalue weighted by Gasteiger charge is -2.24. The molecule has 1 aliphatic carbocycles. The maximum absolute atomic E-state index is 5.60. The molecule has 1 heterocycles. The second kappa shape index (κ2) is 8.00. The quantitative estimate of drug-likeness (QED) is 0.795. The molecule has 0 aromatic carbocycles. The van der Waals surface area contributed by atoms with Gasteiger partial charge in [0.1, 0.15) is 0 Å². The Hall–Kier alpha value is -1.59. The average molecular weight is 293 g/mol. The molecule has 1 saturated carbocycles. The number of rotatable bonds is 8.